The molecule has 2 aromatic rings. The summed E-state index contributed by atoms with van der Waals surface area (Å²) in [6.45, 7) is 2.97. The van der Waals surface area contributed by atoms with E-state index in [-0.39, 0.29) is 30.5 Å². The summed E-state index contributed by atoms with van der Waals surface area (Å²) in [6.07, 6.45) is 1.05. The highest BCUT2D eigenvalue weighted by Gasteiger charge is 2.45. The van der Waals surface area contributed by atoms with Gasteiger partial charge in [0, 0.05) is 30.3 Å². The number of aromatic nitrogens is 3. The molecule has 0 bridgehead atoms. The van der Waals surface area contributed by atoms with Gasteiger partial charge in [0.1, 0.15) is 11.2 Å². The Bertz CT molecular complexity index is 933. The third kappa shape index (κ3) is 2.53. The average Bonchev–Trinajstić information content (AvgIpc) is 2.98. The van der Waals surface area contributed by atoms with Crippen molar-refractivity contribution in [3.63, 3.8) is 0 Å². The van der Waals surface area contributed by atoms with Crippen LogP contribution in [0.2, 0.25) is 0 Å². The van der Waals surface area contributed by atoms with Crippen molar-refractivity contribution in [2.45, 2.75) is 43.4 Å². The van der Waals surface area contributed by atoms with Crippen molar-refractivity contribution in [3.05, 3.63) is 35.3 Å². The molecule has 9 heteroatoms. The highest BCUT2D eigenvalue weighted by molar-refractivity contribution is 5.67. The Morgan fingerprint density at radius 1 is 1.29 bits per heavy atom. The summed E-state index contributed by atoms with van der Waals surface area (Å²) in [5.74, 6) is -2.76. The molecule has 1 aliphatic carbocycles. The molecule has 0 spiro atoms. The molecule has 0 aromatic carbocycles. The minimum absolute atomic E-state index is 0.211. The Labute approximate surface area is 160 Å². The maximum Gasteiger partial charge on any atom is 0.290 e. The minimum Gasteiger partial charge on any atom is -0.389 e. The first kappa shape index (κ1) is 17.8. The molecular weight excluding hydrogens is 368 g/mol. The van der Waals surface area contributed by atoms with Crippen molar-refractivity contribution in [2.75, 3.05) is 24.7 Å². The van der Waals surface area contributed by atoms with Crippen molar-refractivity contribution >= 4 is 5.95 Å². The third-order valence-electron chi connectivity index (χ3n) is 5.99. The van der Waals surface area contributed by atoms with Crippen LogP contribution < -0.4 is 10.6 Å². The fourth-order valence-corrected chi connectivity index (χ4v) is 3.93. The monoisotopic (exact) mass is 389 g/mol. The predicted octanol–water partition coefficient (Wildman–Crippen LogP) is 1.33. The lowest BCUT2D eigenvalue weighted by molar-refractivity contribution is -0.0590. The van der Waals surface area contributed by atoms with Crippen LogP contribution in [-0.2, 0) is 22.6 Å². The summed E-state index contributed by atoms with van der Waals surface area (Å²) in [5, 5.41) is 9.79. The fraction of sp³-hybridized carbons (Fsp3) is 0.526. The molecule has 2 aliphatic heterocycles. The van der Waals surface area contributed by atoms with Crippen LogP contribution in [0, 0.1) is 0 Å². The van der Waals surface area contributed by atoms with E-state index in [0.717, 1.165) is 0 Å². The number of ether oxygens (including phenoxy) is 1. The smallest absolute Gasteiger partial charge is 0.290 e. The molecule has 0 radical (unpaired) electrons. The van der Waals surface area contributed by atoms with Crippen molar-refractivity contribution in [1.82, 2.24) is 15.0 Å². The van der Waals surface area contributed by atoms with E-state index in [1.807, 2.05) is 13.0 Å². The van der Waals surface area contributed by atoms with Crippen LogP contribution >= 0.6 is 0 Å². The SMILES string of the molecule is C[C@H]1[C@H](O)CN1c1nc(-c2ccc(C3(N)COC3)nc2)c2c(n1)C(F)(F)CC2. The van der Waals surface area contributed by atoms with Crippen molar-refractivity contribution in [2.24, 2.45) is 5.73 Å². The summed E-state index contributed by atoms with van der Waals surface area (Å²) in [7, 11) is 0. The Morgan fingerprint density at radius 2 is 2.07 bits per heavy atom. The zero-order chi connectivity index (χ0) is 19.7. The number of nitrogens with two attached hydrogens (primary N) is 1. The maximum atomic E-state index is 14.4. The largest absolute Gasteiger partial charge is 0.389 e. The Morgan fingerprint density at radius 3 is 2.64 bits per heavy atom. The molecule has 28 heavy (non-hydrogen) atoms. The first-order valence-corrected chi connectivity index (χ1v) is 9.36. The van der Waals surface area contributed by atoms with Gasteiger partial charge < -0.3 is 20.5 Å². The van der Waals surface area contributed by atoms with E-state index in [9.17, 15) is 13.9 Å². The molecule has 2 fully saturated rings. The first-order chi connectivity index (χ1) is 13.3. The lowest BCUT2D eigenvalue weighted by Crippen LogP contribution is -2.59. The number of alkyl halides is 2. The van der Waals surface area contributed by atoms with Crippen molar-refractivity contribution in [3.8, 4) is 11.3 Å². The summed E-state index contributed by atoms with van der Waals surface area (Å²) in [4.78, 5) is 14.9. The first-order valence-electron chi connectivity index (χ1n) is 9.36. The van der Waals surface area contributed by atoms with Gasteiger partial charge in [-0.2, -0.15) is 8.78 Å². The fourth-order valence-electron chi connectivity index (χ4n) is 3.93. The van der Waals surface area contributed by atoms with Gasteiger partial charge in [0.05, 0.1) is 36.7 Å². The second kappa shape index (κ2) is 5.88. The van der Waals surface area contributed by atoms with Gasteiger partial charge >= 0.3 is 0 Å². The number of hydrogen-bond acceptors (Lipinski definition) is 7. The van der Waals surface area contributed by atoms with E-state index in [2.05, 4.69) is 15.0 Å². The molecule has 148 valence electrons. The van der Waals surface area contributed by atoms with Crippen LogP contribution in [0.3, 0.4) is 0 Å². The number of aliphatic hydroxyl groups excluding tert-OH is 1. The molecule has 5 rings (SSSR count). The van der Waals surface area contributed by atoms with E-state index < -0.39 is 17.6 Å². The number of anilines is 1. The van der Waals surface area contributed by atoms with Crippen molar-refractivity contribution < 1.29 is 18.6 Å². The van der Waals surface area contributed by atoms with E-state index in [4.69, 9.17) is 10.5 Å². The summed E-state index contributed by atoms with van der Waals surface area (Å²) in [5.41, 5.74) is 7.70. The van der Waals surface area contributed by atoms with Gasteiger partial charge in [-0.15, -0.1) is 0 Å². The van der Waals surface area contributed by atoms with Crippen LogP contribution in [0.25, 0.3) is 11.3 Å². The second-order valence-electron chi connectivity index (χ2n) is 7.95. The highest BCUT2D eigenvalue weighted by Crippen LogP contribution is 2.44. The summed E-state index contributed by atoms with van der Waals surface area (Å²) in [6, 6.07) is 3.40. The molecule has 2 atom stereocenters. The zero-order valence-electron chi connectivity index (χ0n) is 15.4. The van der Waals surface area contributed by atoms with E-state index in [1.54, 1.807) is 17.2 Å². The molecule has 2 aromatic heterocycles. The van der Waals surface area contributed by atoms with Gasteiger partial charge in [-0.05, 0) is 25.5 Å². The third-order valence-corrected chi connectivity index (χ3v) is 5.99. The lowest BCUT2D eigenvalue weighted by atomic mass is 9.93. The highest BCUT2D eigenvalue weighted by atomic mass is 19.3. The number of fused-ring (bicyclic) bond motifs is 1. The van der Waals surface area contributed by atoms with E-state index >= 15 is 0 Å². The summed E-state index contributed by atoms with van der Waals surface area (Å²) >= 11 is 0. The number of rotatable bonds is 3. The van der Waals surface area contributed by atoms with Crippen LogP contribution in [0.5, 0.6) is 0 Å². The maximum absolute atomic E-state index is 14.4. The Kier molecular flexibility index (Phi) is 3.75. The minimum atomic E-state index is -2.98. The zero-order valence-corrected chi connectivity index (χ0v) is 15.4. The topological polar surface area (TPSA) is 97.4 Å². The number of β-amino-alcohol motifs (C(OH)–C–C–N with tert-alkyl or cyclic N) is 1. The van der Waals surface area contributed by atoms with E-state index in [1.165, 1.54) is 0 Å². The molecule has 3 N–H and O–H groups in total. The van der Waals surface area contributed by atoms with Gasteiger partial charge in [-0.25, -0.2) is 9.97 Å². The average molecular weight is 389 g/mol. The molecule has 0 saturated carbocycles. The van der Waals surface area contributed by atoms with Crippen LogP contribution in [0.15, 0.2) is 18.3 Å². The van der Waals surface area contributed by atoms with E-state index in [0.29, 0.717) is 42.3 Å². The number of hydrogen-bond donors (Lipinski definition) is 2. The van der Waals surface area contributed by atoms with Gasteiger partial charge in [-0.3, -0.25) is 4.98 Å². The molecule has 4 heterocycles. The van der Waals surface area contributed by atoms with Gasteiger partial charge in [0.2, 0.25) is 5.95 Å². The van der Waals surface area contributed by atoms with Crippen molar-refractivity contribution in [1.29, 1.82) is 0 Å². The van der Waals surface area contributed by atoms with Crippen LogP contribution in [0.1, 0.15) is 30.3 Å². The van der Waals surface area contributed by atoms with Gasteiger partial charge in [-0.1, -0.05) is 0 Å². The molecule has 3 aliphatic rings. The number of nitrogens with zero attached hydrogens (tertiary/aromatic N) is 4. The standard InChI is InChI=1S/C19H21F2N5O2/c1-10-13(27)7-26(10)17-24-15(12-4-5-19(20,21)16(12)25-17)11-2-3-14(23-6-11)18(22)8-28-9-18/h2-3,6,10,13,27H,4-5,7-9,22H2,1H3/t10-,13+/m0/s1. The number of halogens is 2. The molecule has 0 amide bonds. The summed E-state index contributed by atoms with van der Waals surface area (Å²) < 4.78 is 34.1. The quantitative estimate of drug-likeness (QED) is 0.817. The van der Waals surface area contributed by atoms with Crippen LogP contribution in [-0.4, -0.2) is 52.0 Å². The normalized spacial score (nSPS) is 27.1. The van der Waals surface area contributed by atoms with Gasteiger partial charge in [0.25, 0.3) is 5.92 Å². The molecule has 0 unspecified atom stereocenters. The van der Waals surface area contributed by atoms with Gasteiger partial charge in [0.15, 0.2) is 0 Å². The predicted molar refractivity (Wildman–Crippen MR) is 97.0 cm³/mol. The molecular formula is C19H21F2N5O2. The Hall–Kier alpha value is -2.23. The second-order valence-corrected chi connectivity index (χ2v) is 7.95. The number of aliphatic hydroxyl groups is 1. The molecule has 2 saturated heterocycles. The lowest BCUT2D eigenvalue weighted by Gasteiger charge is -2.43. The van der Waals surface area contributed by atoms with Crippen LogP contribution in [0.4, 0.5) is 14.7 Å². The number of pyridine rings is 1. The Balaban J connectivity index is 1.58. The molecule has 7 nitrogen and oxygen atoms in total.